The summed E-state index contributed by atoms with van der Waals surface area (Å²) in [6.45, 7) is 2.81. The number of halogens is 1. The molecule has 15 heavy (non-hydrogen) atoms. The molecule has 2 unspecified atom stereocenters. The predicted molar refractivity (Wildman–Crippen MR) is 59.0 cm³/mol. The van der Waals surface area contributed by atoms with Crippen LogP contribution in [0.2, 0.25) is 0 Å². The standard InChI is InChI=1S/C10H13BrN2O2/c1-7-2-3-8(11)6-13(7)10(14)9-4-5-15-12-9/h4-5,7-8H,2-3,6H2,1H3. The number of piperidine rings is 1. The minimum atomic E-state index is -0.0413. The van der Waals surface area contributed by atoms with E-state index in [1.165, 1.54) is 6.26 Å². The number of rotatable bonds is 1. The summed E-state index contributed by atoms with van der Waals surface area (Å²) < 4.78 is 4.68. The third-order valence-electron chi connectivity index (χ3n) is 2.74. The van der Waals surface area contributed by atoms with E-state index in [0.29, 0.717) is 10.5 Å². The molecule has 1 saturated heterocycles. The molecule has 2 rings (SSSR count). The second kappa shape index (κ2) is 4.35. The molecule has 0 saturated carbocycles. The van der Waals surface area contributed by atoms with Crippen LogP contribution in [0.15, 0.2) is 16.9 Å². The molecule has 0 aromatic carbocycles. The van der Waals surface area contributed by atoms with Crippen molar-refractivity contribution in [3.05, 3.63) is 18.0 Å². The number of hydrogen-bond donors (Lipinski definition) is 0. The van der Waals surface area contributed by atoms with Gasteiger partial charge in [-0.2, -0.15) is 0 Å². The topological polar surface area (TPSA) is 46.3 Å². The van der Waals surface area contributed by atoms with E-state index in [1.807, 2.05) is 4.90 Å². The number of carbonyl (C=O) groups is 1. The van der Waals surface area contributed by atoms with Gasteiger partial charge in [-0.1, -0.05) is 21.1 Å². The van der Waals surface area contributed by atoms with Gasteiger partial charge in [0.15, 0.2) is 5.69 Å². The maximum atomic E-state index is 12.0. The third kappa shape index (κ3) is 2.22. The molecule has 1 amide bonds. The van der Waals surface area contributed by atoms with E-state index in [4.69, 9.17) is 0 Å². The molecule has 82 valence electrons. The van der Waals surface area contributed by atoms with Crippen molar-refractivity contribution in [2.24, 2.45) is 0 Å². The highest BCUT2D eigenvalue weighted by Gasteiger charge is 2.29. The first-order chi connectivity index (χ1) is 7.18. The Balaban J connectivity index is 2.12. The summed E-state index contributed by atoms with van der Waals surface area (Å²) in [4.78, 5) is 14.2. The van der Waals surface area contributed by atoms with Gasteiger partial charge < -0.3 is 9.42 Å². The second-order valence-electron chi connectivity index (χ2n) is 3.87. The number of aromatic nitrogens is 1. The molecule has 1 aromatic heterocycles. The van der Waals surface area contributed by atoms with Crippen LogP contribution in [0.25, 0.3) is 0 Å². The zero-order valence-electron chi connectivity index (χ0n) is 8.52. The van der Waals surface area contributed by atoms with Crippen molar-refractivity contribution in [3.63, 3.8) is 0 Å². The molecule has 0 spiro atoms. The summed E-state index contributed by atoms with van der Waals surface area (Å²) in [6.07, 6.45) is 3.57. The fourth-order valence-electron chi connectivity index (χ4n) is 1.82. The first-order valence-corrected chi connectivity index (χ1v) is 5.95. The number of alkyl halides is 1. The van der Waals surface area contributed by atoms with Crippen molar-refractivity contribution in [1.29, 1.82) is 0 Å². The zero-order valence-corrected chi connectivity index (χ0v) is 10.1. The van der Waals surface area contributed by atoms with Gasteiger partial charge in [-0.05, 0) is 19.8 Å². The first-order valence-electron chi connectivity index (χ1n) is 5.04. The number of hydrogen-bond acceptors (Lipinski definition) is 3. The zero-order chi connectivity index (χ0) is 10.8. The van der Waals surface area contributed by atoms with Crippen LogP contribution in [0.4, 0.5) is 0 Å². The summed E-state index contributed by atoms with van der Waals surface area (Å²) in [7, 11) is 0. The van der Waals surface area contributed by atoms with Gasteiger partial charge in [-0.3, -0.25) is 4.79 Å². The van der Waals surface area contributed by atoms with Gasteiger partial charge >= 0.3 is 0 Å². The van der Waals surface area contributed by atoms with Crippen LogP contribution in [-0.4, -0.2) is 33.4 Å². The van der Waals surface area contributed by atoms with Crippen molar-refractivity contribution in [2.45, 2.75) is 30.6 Å². The summed E-state index contributed by atoms with van der Waals surface area (Å²) in [5, 5.41) is 3.67. The van der Waals surface area contributed by atoms with Crippen molar-refractivity contribution in [3.8, 4) is 0 Å². The highest BCUT2D eigenvalue weighted by Crippen LogP contribution is 2.23. The average molecular weight is 273 g/mol. The van der Waals surface area contributed by atoms with Gasteiger partial charge in [-0.25, -0.2) is 0 Å². The van der Waals surface area contributed by atoms with Crippen molar-refractivity contribution in [2.75, 3.05) is 6.54 Å². The highest BCUT2D eigenvalue weighted by molar-refractivity contribution is 9.09. The predicted octanol–water partition coefficient (Wildman–Crippen LogP) is 2.06. The quantitative estimate of drug-likeness (QED) is 0.736. The molecule has 0 aliphatic carbocycles. The Morgan fingerprint density at radius 1 is 1.67 bits per heavy atom. The molecular weight excluding hydrogens is 260 g/mol. The molecule has 1 fully saturated rings. The highest BCUT2D eigenvalue weighted by atomic mass is 79.9. The molecule has 4 nitrogen and oxygen atoms in total. The Labute approximate surface area is 96.7 Å². The summed E-state index contributed by atoms with van der Waals surface area (Å²) in [5.41, 5.74) is 0.392. The van der Waals surface area contributed by atoms with E-state index in [-0.39, 0.29) is 11.9 Å². The molecule has 2 atom stereocenters. The Bertz CT molecular complexity index is 339. The Kier molecular flexibility index (Phi) is 3.09. The minimum Gasteiger partial charge on any atom is -0.364 e. The van der Waals surface area contributed by atoms with Gasteiger partial charge in [-0.15, -0.1) is 0 Å². The lowest BCUT2D eigenvalue weighted by molar-refractivity contribution is 0.0633. The fraction of sp³-hybridized carbons (Fsp3) is 0.600. The first kappa shape index (κ1) is 10.7. The number of nitrogens with zero attached hydrogens (tertiary/aromatic N) is 2. The van der Waals surface area contributed by atoms with Gasteiger partial charge in [0.05, 0.1) is 0 Å². The maximum absolute atomic E-state index is 12.0. The van der Waals surface area contributed by atoms with Crippen LogP contribution >= 0.6 is 15.9 Å². The van der Waals surface area contributed by atoms with Gasteiger partial charge in [0.1, 0.15) is 6.26 Å². The third-order valence-corrected chi connectivity index (χ3v) is 3.49. The van der Waals surface area contributed by atoms with E-state index >= 15 is 0 Å². The van der Waals surface area contributed by atoms with Crippen molar-refractivity contribution < 1.29 is 9.32 Å². The lowest BCUT2D eigenvalue weighted by Gasteiger charge is -2.35. The summed E-state index contributed by atoms with van der Waals surface area (Å²) in [6, 6.07) is 1.88. The lowest BCUT2D eigenvalue weighted by Crippen LogP contribution is -2.46. The summed E-state index contributed by atoms with van der Waals surface area (Å²) in [5.74, 6) is -0.0413. The second-order valence-corrected chi connectivity index (χ2v) is 5.16. The molecule has 1 aliphatic rings. The van der Waals surface area contributed by atoms with Crippen LogP contribution in [0, 0.1) is 0 Å². The van der Waals surface area contributed by atoms with E-state index < -0.39 is 0 Å². The fourth-order valence-corrected chi connectivity index (χ4v) is 2.39. The van der Waals surface area contributed by atoms with E-state index in [1.54, 1.807) is 6.07 Å². The molecule has 1 aliphatic heterocycles. The van der Waals surface area contributed by atoms with E-state index in [2.05, 4.69) is 32.5 Å². The van der Waals surface area contributed by atoms with Crippen LogP contribution in [0.3, 0.4) is 0 Å². The molecule has 0 bridgehead atoms. The number of carbonyl (C=O) groups excluding carboxylic acids is 1. The lowest BCUT2D eigenvalue weighted by atomic mass is 10.0. The molecule has 5 heteroatoms. The molecule has 2 heterocycles. The number of likely N-dealkylation sites (tertiary alicyclic amines) is 1. The normalized spacial score (nSPS) is 26.7. The Morgan fingerprint density at radius 3 is 3.13 bits per heavy atom. The van der Waals surface area contributed by atoms with E-state index in [9.17, 15) is 4.79 Å². The number of amides is 1. The summed E-state index contributed by atoms with van der Waals surface area (Å²) >= 11 is 3.55. The van der Waals surface area contributed by atoms with Crippen molar-refractivity contribution >= 4 is 21.8 Å². The Hall–Kier alpha value is -0.840. The van der Waals surface area contributed by atoms with Crippen LogP contribution < -0.4 is 0 Å². The monoisotopic (exact) mass is 272 g/mol. The van der Waals surface area contributed by atoms with Crippen LogP contribution in [0.1, 0.15) is 30.3 Å². The SMILES string of the molecule is CC1CCC(Br)CN1C(=O)c1ccon1. The van der Waals surface area contributed by atoms with Gasteiger partial charge in [0, 0.05) is 23.5 Å². The van der Waals surface area contributed by atoms with Gasteiger partial charge in [0.25, 0.3) is 5.91 Å². The van der Waals surface area contributed by atoms with Gasteiger partial charge in [0.2, 0.25) is 0 Å². The molecular formula is C10H13BrN2O2. The average Bonchev–Trinajstić information content (AvgIpc) is 2.74. The van der Waals surface area contributed by atoms with Crippen LogP contribution in [-0.2, 0) is 0 Å². The molecule has 0 radical (unpaired) electrons. The van der Waals surface area contributed by atoms with Crippen LogP contribution in [0.5, 0.6) is 0 Å². The van der Waals surface area contributed by atoms with E-state index in [0.717, 1.165) is 19.4 Å². The molecule has 1 aromatic rings. The largest absolute Gasteiger partial charge is 0.364 e. The maximum Gasteiger partial charge on any atom is 0.276 e. The molecule has 0 N–H and O–H groups in total. The smallest absolute Gasteiger partial charge is 0.276 e. The van der Waals surface area contributed by atoms with Crippen molar-refractivity contribution in [1.82, 2.24) is 10.1 Å². The Morgan fingerprint density at radius 2 is 2.47 bits per heavy atom. The minimum absolute atomic E-state index is 0.0413.